The molecule has 2 heteroatoms. The van der Waals surface area contributed by atoms with Crippen LogP contribution in [0.5, 0.6) is 0 Å². The lowest BCUT2D eigenvalue weighted by Crippen LogP contribution is -2.09. The van der Waals surface area contributed by atoms with Crippen LogP contribution < -0.4 is 4.90 Å². The van der Waals surface area contributed by atoms with Gasteiger partial charge >= 0.3 is 0 Å². The molecule has 2 aromatic carbocycles. The molecule has 0 amide bonds. The highest BCUT2D eigenvalue weighted by molar-refractivity contribution is 5.46. The van der Waals surface area contributed by atoms with Gasteiger partial charge in [0.25, 0.3) is 0 Å². The van der Waals surface area contributed by atoms with E-state index in [0.29, 0.717) is 6.42 Å². The molecule has 0 bridgehead atoms. The molecule has 0 spiro atoms. The van der Waals surface area contributed by atoms with Crippen LogP contribution in [-0.4, -0.2) is 19.2 Å². The van der Waals surface area contributed by atoms with E-state index in [-0.39, 0.29) is 0 Å². The van der Waals surface area contributed by atoms with E-state index in [1.54, 1.807) is 0 Å². The molecule has 3 rings (SSSR count). The summed E-state index contributed by atoms with van der Waals surface area (Å²) in [6.45, 7) is 0. The molecule has 2 nitrogen and oxygen atoms in total. The molecule has 21 heavy (non-hydrogen) atoms. The second-order valence-corrected chi connectivity index (χ2v) is 6.16. The van der Waals surface area contributed by atoms with Gasteiger partial charge in [0.1, 0.15) is 0 Å². The van der Waals surface area contributed by atoms with Gasteiger partial charge in [0.15, 0.2) is 0 Å². The van der Waals surface area contributed by atoms with Gasteiger partial charge in [0.05, 0.1) is 6.10 Å². The standard InChI is InChI=1S/C19H23NO/c1-20(2)18-10-8-16(9-11-18)19(21)13-14-6-7-15-4-3-5-17(15)12-14/h6-12,19,21H,3-5,13H2,1-2H3. The van der Waals surface area contributed by atoms with E-state index in [4.69, 9.17) is 0 Å². The second-order valence-electron chi connectivity index (χ2n) is 6.16. The van der Waals surface area contributed by atoms with Gasteiger partial charge in [-0.25, -0.2) is 0 Å². The molecule has 1 N–H and O–H groups in total. The van der Waals surface area contributed by atoms with Gasteiger partial charge in [0, 0.05) is 26.2 Å². The number of aliphatic hydroxyl groups is 1. The molecule has 2 aromatic rings. The first-order valence-corrected chi connectivity index (χ1v) is 7.69. The zero-order valence-corrected chi connectivity index (χ0v) is 12.8. The largest absolute Gasteiger partial charge is 0.388 e. The van der Waals surface area contributed by atoms with Crippen LogP contribution in [0.15, 0.2) is 42.5 Å². The van der Waals surface area contributed by atoms with Gasteiger partial charge in [0.2, 0.25) is 0 Å². The zero-order valence-electron chi connectivity index (χ0n) is 12.8. The maximum Gasteiger partial charge on any atom is 0.0830 e. The highest BCUT2D eigenvalue weighted by atomic mass is 16.3. The van der Waals surface area contributed by atoms with Crippen LogP contribution in [0, 0.1) is 0 Å². The zero-order chi connectivity index (χ0) is 14.8. The molecule has 110 valence electrons. The summed E-state index contributed by atoms with van der Waals surface area (Å²) in [5, 5.41) is 10.4. The van der Waals surface area contributed by atoms with Crippen LogP contribution in [0.3, 0.4) is 0 Å². The monoisotopic (exact) mass is 281 g/mol. The number of aryl methyl sites for hydroxylation is 2. The molecule has 1 unspecified atom stereocenters. The van der Waals surface area contributed by atoms with Gasteiger partial charge in [-0.3, -0.25) is 0 Å². The number of aliphatic hydroxyl groups excluding tert-OH is 1. The summed E-state index contributed by atoms with van der Waals surface area (Å²) in [5.74, 6) is 0. The molecular weight excluding hydrogens is 258 g/mol. The summed E-state index contributed by atoms with van der Waals surface area (Å²) in [4.78, 5) is 2.07. The molecular formula is C19H23NO. The van der Waals surface area contributed by atoms with Crippen LogP contribution in [0.1, 0.15) is 34.8 Å². The number of hydrogen-bond donors (Lipinski definition) is 1. The lowest BCUT2D eigenvalue weighted by Gasteiger charge is -2.15. The molecule has 0 saturated carbocycles. The van der Waals surface area contributed by atoms with E-state index in [9.17, 15) is 5.11 Å². The highest BCUT2D eigenvalue weighted by Crippen LogP contribution is 2.26. The maximum atomic E-state index is 10.4. The lowest BCUT2D eigenvalue weighted by molar-refractivity contribution is 0.178. The minimum atomic E-state index is -0.430. The topological polar surface area (TPSA) is 23.5 Å². The fourth-order valence-corrected chi connectivity index (χ4v) is 3.09. The van der Waals surface area contributed by atoms with Crippen molar-refractivity contribution in [3.63, 3.8) is 0 Å². The van der Waals surface area contributed by atoms with Crippen molar-refractivity contribution in [1.82, 2.24) is 0 Å². The average molecular weight is 281 g/mol. The van der Waals surface area contributed by atoms with E-state index in [1.165, 1.54) is 36.0 Å². The van der Waals surface area contributed by atoms with E-state index in [1.807, 2.05) is 26.2 Å². The Morgan fingerprint density at radius 1 is 1.00 bits per heavy atom. The first-order valence-electron chi connectivity index (χ1n) is 7.69. The first kappa shape index (κ1) is 14.2. The van der Waals surface area contributed by atoms with E-state index < -0.39 is 6.10 Å². The predicted molar refractivity (Wildman–Crippen MR) is 87.9 cm³/mol. The Labute approximate surface area is 127 Å². The second kappa shape index (κ2) is 5.90. The Kier molecular flexibility index (Phi) is 3.98. The Bertz CT molecular complexity index is 616. The summed E-state index contributed by atoms with van der Waals surface area (Å²) in [6.07, 6.45) is 3.93. The molecule has 0 radical (unpaired) electrons. The molecule has 1 aliphatic carbocycles. The van der Waals surface area contributed by atoms with Crippen molar-refractivity contribution in [2.45, 2.75) is 31.8 Å². The van der Waals surface area contributed by atoms with Crippen molar-refractivity contribution in [3.8, 4) is 0 Å². The molecule has 0 aromatic heterocycles. The minimum Gasteiger partial charge on any atom is -0.388 e. The predicted octanol–water partition coefficient (Wildman–Crippen LogP) is 3.52. The summed E-state index contributed by atoms with van der Waals surface area (Å²) < 4.78 is 0. The molecule has 0 heterocycles. The quantitative estimate of drug-likeness (QED) is 0.927. The van der Waals surface area contributed by atoms with Gasteiger partial charge in [-0.1, -0.05) is 30.3 Å². The van der Waals surface area contributed by atoms with Crippen molar-refractivity contribution in [3.05, 3.63) is 64.7 Å². The highest BCUT2D eigenvalue weighted by Gasteiger charge is 2.13. The minimum absolute atomic E-state index is 0.430. The Balaban J connectivity index is 1.72. The summed E-state index contributed by atoms with van der Waals surface area (Å²) in [7, 11) is 4.05. The van der Waals surface area contributed by atoms with Crippen molar-refractivity contribution in [2.24, 2.45) is 0 Å². The van der Waals surface area contributed by atoms with Crippen molar-refractivity contribution in [2.75, 3.05) is 19.0 Å². The number of anilines is 1. The smallest absolute Gasteiger partial charge is 0.0830 e. The normalized spacial score (nSPS) is 14.8. The fraction of sp³-hybridized carbons (Fsp3) is 0.368. The molecule has 1 aliphatic rings. The van der Waals surface area contributed by atoms with Crippen molar-refractivity contribution >= 4 is 5.69 Å². The average Bonchev–Trinajstić information content (AvgIpc) is 2.95. The third-order valence-corrected chi connectivity index (χ3v) is 4.39. The van der Waals surface area contributed by atoms with Crippen molar-refractivity contribution < 1.29 is 5.11 Å². The van der Waals surface area contributed by atoms with Crippen LogP contribution in [0.2, 0.25) is 0 Å². The number of nitrogens with zero attached hydrogens (tertiary/aromatic N) is 1. The SMILES string of the molecule is CN(C)c1ccc(C(O)Cc2ccc3c(c2)CCC3)cc1. The molecule has 0 aliphatic heterocycles. The van der Waals surface area contributed by atoms with Crippen LogP contribution in [0.4, 0.5) is 5.69 Å². The van der Waals surface area contributed by atoms with Gasteiger partial charge in [-0.05, 0) is 53.6 Å². The Hall–Kier alpha value is -1.80. The Morgan fingerprint density at radius 3 is 2.43 bits per heavy atom. The van der Waals surface area contributed by atoms with Crippen LogP contribution in [-0.2, 0) is 19.3 Å². The summed E-state index contributed by atoms with van der Waals surface area (Å²) in [5.41, 5.74) is 6.34. The fourth-order valence-electron chi connectivity index (χ4n) is 3.09. The third-order valence-electron chi connectivity index (χ3n) is 4.39. The summed E-state index contributed by atoms with van der Waals surface area (Å²) in [6, 6.07) is 14.8. The van der Waals surface area contributed by atoms with E-state index in [2.05, 4.69) is 35.2 Å². The van der Waals surface area contributed by atoms with Crippen LogP contribution in [0.25, 0.3) is 0 Å². The van der Waals surface area contributed by atoms with E-state index in [0.717, 1.165) is 11.3 Å². The van der Waals surface area contributed by atoms with E-state index >= 15 is 0 Å². The number of fused-ring (bicyclic) bond motifs is 1. The van der Waals surface area contributed by atoms with Gasteiger partial charge in [-0.2, -0.15) is 0 Å². The maximum absolute atomic E-state index is 10.4. The number of benzene rings is 2. The number of rotatable bonds is 4. The molecule has 0 fully saturated rings. The molecule has 1 atom stereocenters. The van der Waals surface area contributed by atoms with Gasteiger partial charge < -0.3 is 10.0 Å². The van der Waals surface area contributed by atoms with Crippen molar-refractivity contribution in [1.29, 1.82) is 0 Å². The molecule has 0 saturated heterocycles. The van der Waals surface area contributed by atoms with Crippen LogP contribution >= 0.6 is 0 Å². The Morgan fingerprint density at radius 2 is 1.71 bits per heavy atom. The summed E-state index contributed by atoms with van der Waals surface area (Å²) >= 11 is 0. The third kappa shape index (κ3) is 3.11. The first-order chi connectivity index (χ1) is 10.1. The number of hydrogen-bond acceptors (Lipinski definition) is 2. The van der Waals surface area contributed by atoms with Gasteiger partial charge in [-0.15, -0.1) is 0 Å². The lowest BCUT2D eigenvalue weighted by atomic mass is 9.98.